The number of nitrogens with zero attached hydrogens (tertiary/aromatic N) is 2. The summed E-state index contributed by atoms with van der Waals surface area (Å²) in [5.41, 5.74) is 2.05. The first-order valence-electron chi connectivity index (χ1n) is 9.99. The highest BCUT2D eigenvalue weighted by Gasteiger charge is 2.39. The Morgan fingerprint density at radius 3 is 2.39 bits per heavy atom. The van der Waals surface area contributed by atoms with Crippen molar-refractivity contribution in [1.82, 2.24) is 4.90 Å². The SMILES string of the molecule is O=C(CC1SC(=Nc2ccc(Cl)cc2)N(Cc2ccc(F)cc2)C1=O)Nc1ccc(Br)cc1. The van der Waals surface area contributed by atoms with Gasteiger partial charge in [0.05, 0.1) is 12.2 Å². The first-order valence-corrected chi connectivity index (χ1v) is 12.0. The van der Waals surface area contributed by atoms with Crippen LogP contribution in [0.1, 0.15) is 12.0 Å². The Balaban J connectivity index is 1.53. The fraction of sp³-hybridized carbons (Fsp3) is 0.125. The van der Waals surface area contributed by atoms with Gasteiger partial charge in [0.1, 0.15) is 11.1 Å². The van der Waals surface area contributed by atoms with Gasteiger partial charge in [-0.3, -0.25) is 14.5 Å². The van der Waals surface area contributed by atoms with Gasteiger partial charge in [-0.15, -0.1) is 0 Å². The molecule has 168 valence electrons. The number of rotatable bonds is 6. The monoisotopic (exact) mass is 545 g/mol. The number of hydrogen-bond acceptors (Lipinski definition) is 4. The van der Waals surface area contributed by atoms with Crippen molar-refractivity contribution in [3.05, 3.63) is 93.7 Å². The first kappa shape index (κ1) is 23.5. The maximum Gasteiger partial charge on any atom is 0.242 e. The minimum Gasteiger partial charge on any atom is -0.326 e. The second-order valence-electron chi connectivity index (χ2n) is 7.29. The van der Waals surface area contributed by atoms with E-state index in [0.29, 0.717) is 21.6 Å². The molecule has 0 bridgehead atoms. The molecule has 4 rings (SSSR count). The molecule has 0 aromatic heterocycles. The van der Waals surface area contributed by atoms with E-state index >= 15 is 0 Å². The lowest BCUT2D eigenvalue weighted by Crippen LogP contribution is -2.33. The van der Waals surface area contributed by atoms with E-state index in [9.17, 15) is 14.0 Å². The Morgan fingerprint density at radius 2 is 1.73 bits per heavy atom. The van der Waals surface area contributed by atoms with Gasteiger partial charge in [-0.1, -0.05) is 51.4 Å². The Bertz CT molecular complexity index is 1190. The Kier molecular flexibility index (Phi) is 7.47. The molecule has 9 heteroatoms. The zero-order valence-corrected chi connectivity index (χ0v) is 20.3. The minimum atomic E-state index is -0.619. The van der Waals surface area contributed by atoms with E-state index in [1.54, 1.807) is 48.5 Å². The van der Waals surface area contributed by atoms with Gasteiger partial charge in [-0.2, -0.15) is 0 Å². The molecule has 0 saturated carbocycles. The van der Waals surface area contributed by atoms with Gasteiger partial charge in [0.2, 0.25) is 11.8 Å². The summed E-state index contributed by atoms with van der Waals surface area (Å²) >= 11 is 10.6. The van der Waals surface area contributed by atoms with Crippen LogP contribution in [0.3, 0.4) is 0 Å². The van der Waals surface area contributed by atoms with Crippen molar-refractivity contribution >= 4 is 67.6 Å². The number of anilines is 1. The highest BCUT2D eigenvalue weighted by molar-refractivity contribution is 9.10. The summed E-state index contributed by atoms with van der Waals surface area (Å²) in [5.74, 6) is -0.834. The molecule has 1 aliphatic heterocycles. The third-order valence-electron chi connectivity index (χ3n) is 4.82. The van der Waals surface area contributed by atoms with E-state index in [4.69, 9.17) is 11.6 Å². The zero-order chi connectivity index (χ0) is 23.4. The molecule has 0 spiro atoms. The van der Waals surface area contributed by atoms with Crippen LogP contribution in [0.5, 0.6) is 0 Å². The van der Waals surface area contributed by atoms with Crippen molar-refractivity contribution in [2.45, 2.75) is 18.2 Å². The topological polar surface area (TPSA) is 61.8 Å². The van der Waals surface area contributed by atoms with Crippen molar-refractivity contribution in [2.24, 2.45) is 4.99 Å². The summed E-state index contributed by atoms with van der Waals surface area (Å²) in [6.07, 6.45) is -0.000873. The van der Waals surface area contributed by atoms with E-state index in [2.05, 4.69) is 26.2 Å². The summed E-state index contributed by atoms with van der Waals surface area (Å²) in [4.78, 5) is 32.0. The van der Waals surface area contributed by atoms with Crippen LogP contribution >= 0.6 is 39.3 Å². The maximum absolute atomic E-state index is 13.3. The van der Waals surface area contributed by atoms with E-state index in [0.717, 1.165) is 10.0 Å². The molecule has 5 nitrogen and oxygen atoms in total. The first-order chi connectivity index (χ1) is 15.9. The van der Waals surface area contributed by atoms with Gasteiger partial charge >= 0.3 is 0 Å². The molecular formula is C24H18BrClFN3O2S. The van der Waals surface area contributed by atoms with Crippen LogP contribution in [0.2, 0.25) is 5.02 Å². The molecule has 1 unspecified atom stereocenters. The number of hydrogen-bond donors (Lipinski definition) is 1. The molecule has 1 N–H and O–H groups in total. The van der Waals surface area contributed by atoms with Crippen molar-refractivity contribution in [3.63, 3.8) is 0 Å². The van der Waals surface area contributed by atoms with Gasteiger partial charge in [-0.05, 0) is 66.2 Å². The van der Waals surface area contributed by atoms with Crippen molar-refractivity contribution in [3.8, 4) is 0 Å². The molecule has 0 aliphatic carbocycles. The lowest BCUT2D eigenvalue weighted by atomic mass is 10.2. The largest absolute Gasteiger partial charge is 0.326 e. The fourth-order valence-electron chi connectivity index (χ4n) is 3.18. The molecule has 3 aromatic carbocycles. The van der Waals surface area contributed by atoms with E-state index in [-0.39, 0.29) is 30.6 Å². The van der Waals surface area contributed by atoms with Crippen molar-refractivity contribution in [2.75, 3.05) is 5.32 Å². The summed E-state index contributed by atoms with van der Waals surface area (Å²) in [7, 11) is 0. The van der Waals surface area contributed by atoms with E-state index < -0.39 is 5.25 Å². The Morgan fingerprint density at radius 1 is 1.06 bits per heavy atom. The van der Waals surface area contributed by atoms with Crippen LogP contribution in [0, 0.1) is 5.82 Å². The summed E-state index contributed by atoms with van der Waals surface area (Å²) in [6, 6.07) is 20.1. The lowest BCUT2D eigenvalue weighted by Gasteiger charge is -2.16. The predicted molar refractivity (Wildman–Crippen MR) is 134 cm³/mol. The van der Waals surface area contributed by atoms with Crippen LogP contribution < -0.4 is 5.32 Å². The van der Waals surface area contributed by atoms with Gasteiger partial charge in [0, 0.05) is 21.6 Å². The lowest BCUT2D eigenvalue weighted by molar-refractivity contribution is -0.128. The maximum atomic E-state index is 13.3. The third kappa shape index (κ3) is 6.22. The van der Waals surface area contributed by atoms with E-state index in [1.165, 1.54) is 28.8 Å². The molecule has 0 radical (unpaired) electrons. The fourth-order valence-corrected chi connectivity index (χ4v) is 4.73. The normalized spacial score (nSPS) is 16.9. The second-order valence-corrected chi connectivity index (χ2v) is 9.81. The highest BCUT2D eigenvalue weighted by atomic mass is 79.9. The van der Waals surface area contributed by atoms with Crippen molar-refractivity contribution < 1.29 is 14.0 Å². The quantitative estimate of drug-likeness (QED) is 0.389. The molecule has 1 fully saturated rings. The van der Waals surface area contributed by atoms with Gasteiger partial charge in [0.25, 0.3) is 0 Å². The number of thioether (sulfide) groups is 1. The average molecular weight is 547 g/mol. The zero-order valence-electron chi connectivity index (χ0n) is 17.2. The predicted octanol–water partition coefficient (Wildman–Crippen LogP) is 6.40. The van der Waals surface area contributed by atoms with Crippen LogP contribution in [0.25, 0.3) is 0 Å². The second kappa shape index (κ2) is 10.5. The Hall–Kier alpha value is -2.68. The molecule has 2 amide bonds. The number of carbonyl (C=O) groups excluding carboxylic acids is 2. The molecule has 1 atom stereocenters. The van der Waals surface area contributed by atoms with Crippen LogP contribution in [0.4, 0.5) is 15.8 Å². The number of amides is 2. The van der Waals surface area contributed by atoms with Gasteiger partial charge in [0.15, 0.2) is 5.17 Å². The Labute approximate surface area is 208 Å². The van der Waals surface area contributed by atoms with Gasteiger partial charge < -0.3 is 5.32 Å². The molecule has 1 saturated heterocycles. The molecule has 3 aromatic rings. The van der Waals surface area contributed by atoms with Crippen molar-refractivity contribution in [1.29, 1.82) is 0 Å². The van der Waals surface area contributed by atoms with Crippen LogP contribution in [0.15, 0.2) is 82.3 Å². The van der Waals surface area contributed by atoms with Crippen LogP contribution in [-0.4, -0.2) is 27.1 Å². The summed E-state index contributed by atoms with van der Waals surface area (Å²) < 4.78 is 14.2. The molecule has 1 aliphatic rings. The smallest absolute Gasteiger partial charge is 0.242 e. The minimum absolute atomic E-state index is 0.000873. The number of aliphatic imine (C=N–C) groups is 1. The van der Waals surface area contributed by atoms with E-state index in [1.807, 2.05) is 12.1 Å². The van der Waals surface area contributed by atoms with Gasteiger partial charge in [-0.25, -0.2) is 9.38 Å². The molecule has 1 heterocycles. The average Bonchev–Trinajstić information content (AvgIpc) is 3.07. The number of benzene rings is 3. The summed E-state index contributed by atoms with van der Waals surface area (Å²) in [5, 5.41) is 3.26. The molecule has 33 heavy (non-hydrogen) atoms. The van der Waals surface area contributed by atoms with Crippen LogP contribution in [-0.2, 0) is 16.1 Å². The highest BCUT2D eigenvalue weighted by Crippen LogP contribution is 2.33. The molecular weight excluding hydrogens is 529 g/mol. The number of amidine groups is 1. The number of halogens is 3. The number of nitrogens with one attached hydrogen (secondary N) is 1. The number of carbonyl (C=O) groups is 2. The third-order valence-corrected chi connectivity index (χ3v) is 6.78. The summed E-state index contributed by atoms with van der Waals surface area (Å²) in [6.45, 7) is 0.226. The standard InChI is InChI=1S/C24H18BrClFN3O2S/c25-16-3-9-19(10-4-16)28-22(31)13-21-23(32)30(14-15-1-7-18(27)8-2-15)24(33-21)29-20-11-5-17(26)6-12-20/h1-12,21H,13-14H2,(H,28,31).